The lowest BCUT2D eigenvalue weighted by atomic mass is 9.98. The van der Waals surface area contributed by atoms with E-state index in [0.29, 0.717) is 34.6 Å². The van der Waals surface area contributed by atoms with Crippen LogP contribution in [0.4, 0.5) is 0 Å². The van der Waals surface area contributed by atoms with Crippen molar-refractivity contribution >= 4 is 32.8 Å². The van der Waals surface area contributed by atoms with E-state index in [1.54, 1.807) is 23.1 Å². The summed E-state index contributed by atoms with van der Waals surface area (Å²) in [5.74, 6) is 1.10. The van der Waals surface area contributed by atoms with Gasteiger partial charge in [-0.25, -0.2) is 0 Å². The zero-order valence-corrected chi connectivity index (χ0v) is 20.6. The van der Waals surface area contributed by atoms with Gasteiger partial charge in [-0.2, -0.15) is 0 Å². The molecule has 2 heterocycles. The maximum atomic E-state index is 13.8. The molecule has 0 spiro atoms. The van der Waals surface area contributed by atoms with E-state index in [2.05, 4.69) is 15.9 Å². The van der Waals surface area contributed by atoms with E-state index in [9.17, 15) is 9.59 Å². The Morgan fingerprint density at radius 1 is 0.806 bits per heavy atom. The predicted octanol–water partition coefficient (Wildman–Crippen LogP) is 7.09. The van der Waals surface area contributed by atoms with Crippen LogP contribution in [-0.2, 0) is 6.54 Å². The highest BCUT2D eigenvalue weighted by Gasteiger charge is 2.42. The summed E-state index contributed by atoms with van der Waals surface area (Å²) >= 11 is 3.44. The molecule has 176 valence electrons. The van der Waals surface area contributed by atoms with Crippen LogP contribution in [0.2, 0.25) is 0 Å². The standard InChI is InChI=1S/C30H20BrNO4/c31-21-14-15-25-24(17-21)28(33)26-27(20-10-7-13-23(16-20)35-22-11-5-2-6-12-22)32(30(34)29(26)36-25)18-19-8-3-1-4-9-19/h1-17,27H,18H2. The van der Waals surface area contributed by atoms with Crippen LogP contribution in [0.15, 0.2) is 117 Å². The number of hydrogen-bond donors (Lipinski definition) is 0. The lowest BCUT2D eigenvalue weighted by molar-refractivity contribution is 0.0714. The van der Waals surface area contributed by atoms with E-state index in [-0.39, 0.29) is 17.1 Å². The highest BCUT2D eigenvalue weighted by Crippen LogP contribution is 2.40. The number of benzene rings is 4. The number of hydrogen-bond acceptors (Lipinski definition) is 4. The average Bonchev–Trinajstić information content (AvgIpc) is 3.17. The highest BCUT2D eigenvalue weighted by molar-refractivity contribution is 9.10. The average molecular weight is 538 g/mol. The fourth-order valence-corrected chi connectivity index (χ4v) is 5.02. The molecule has 1 aromatic heterocycles. The third kappa shape index (κ3) is 3.99. The molecule has 36 heavy (non-hydrogen) atoms. The van der Waals surface area contributed by atoms with Crippen molar-refractivity contribution in [3.63, 3.8) is 0 Å². The summed E-state index contributed by atoms with van der Waals surface area (Å²) in [6.45, 7) is 0.331. The van der Waals surface area contributed by atoms with Gasteiger partial charge in [0.2, 0.25) is 5.76 Å². The Hall–Kier alpha value is -4.16. The summed E-state index contributed by atoms with van der Waals surface area (Å²) in [5, 5.41) is 0.430. The Bertz CT molecular complexity index is 1650. The number of para-hydroxylation sites is 1. The molecule has 5 aromatic rings. The number of carbonyl (C=O) groups excluding carboxylic acids is 1. The molecule has 0 radical (unpaired) electrons. The Balaban J connectivity index is 1.51. The van der Waals surface area contributed by atoms with Crippen molar-refractivity contribution in [2.75, 3.05) is 0 Å². The highest BCUT2D eigenvalue weighted by atomic mass is 79.9. The summed E-state index contributed by atoms with van der Waals surface area (Å²) in [5.41, 5.74) is 2.25. The molecule has 1 amide bonds. The lowest BCUT2D eigenvalue weighted by Gasteiger charge is -2.25. The smallest absolute Gasteiger partial charge is 0.291 e. The van der Waals surface area contributed by atoms with Crippen molar-refractivity contribution in [1.82, 2.24) is 4.90 Å². The van der Waals surface area contributed by atoms with E-state index in [1.165, 1.54) is 0 Å². The molecule has 1 unspecified atom stereocenters. The van der Waals surface area contributed by atoms with Crippen LogP contribution in [-0.4, -0.2) is 10.8 Å². The molecule has 1 aliphatic rings. The van der Waals surface area contributed by atoms with Gasteiger partial charge in [0.05, 0.1) is 17.0 Å². The minimum atomic E-state index is -0.619. The van der Waals surface area contributed by atoms with Gasteiger partial charge in [0.1, 0.15) is 17.1 Å². The van der Waals surface area contributed by atoms with E-state index in [4.69, 9.17) is 9.15 Å². The van der Waals surface area contributed by atoms with Gasteiger partial charge in [-0.05, 0) is 53.6 Å². The van der Waals surface area contributed by atoms with Gasteiger partial charge in [0, 0.05) is 11.0 Å². The van der Waals surface area contributed by atoms with Gasteiger partial charge >= 0.3 is 0 Å². The Morgan fingerprint density at radius 3 is 2.31 bits per heavy atom. The Labute approximate surface area is 215 Å². The molecule has 0 aliphatic carbocycles. The largest absolute Gasteiger partial charge is 0.457 e. The topological polar surface area (TPSA) is 59.8 Å². The summed E-state index contributed by atoms with van der Waals surface area (Å²) in [6.07, 6.45) is 0. The van der Waals surface area contributed by atoms with Gasteiger partial charge in [-0.3, -0.25) is 9.59 Å². The molecular formula is C30H20BrNO4. The number of nitrogens with zero attached hydrogens (tertiary/aromatic N) is 1. The van der Waals surface area contributed by atoms with E-state index >= 15 is 0 Å². The van der Waals surface area contributed by atoms with Crippen molar-refractivity contribution < 1.29 is 13.9 Å². The molecule has 4 aromatic carbocycles. The van der Waals surface area contributed by atoms with Gasteiger partial charge in [0.25, 0.3) is 5.91 Å². The van der Waals surface area contributed by atoms with Crippen molar-refractivity contribution in [2.24, 2.45) is 0 Å². The fourth-order valence-electron chi connectivity index (χ4n) is 4.66. The first-order valence-electron chi connectivity index (χ1n) is 11.5. The normalized spacial score (nSPS) is 14.8. The monoisotopic (exact) mass is 537 g/mol. The number of ether oxygens (including phenoxy) is 1. The van der Waals surface area contributed by atoms with E-state index in [1.807, 2.05) is 84.9 Å². The Kier molecular flexibility index (Phi) is 5.66. The Morgan fingerprint density at radius 2 is 1.53 bits per heavy atom. The van der Waals surface area contributed by atoms with Crippen LogP contribution in [0.1, 0.15) is 33.3 Å². The van der Waals surface area contributed by atoms with E-state index < -0.39 is 6.04 Å². The third-order valence-electron chi connectivity index (χ3n) is 6.28. The number of halogens is 1. The maximum absolute atomic E-state index is 13.8. The molecule has 1 atom stereocenters. The van der Waals surface area contributed by atoms with Crippen molar-refractivity contribution in [3.05, 3.63) is 140 Å². The molecule has 0 saturated carbocycles. The summed E-state index contributed by atoms with van der Waals surface area (Å²) in [6, 6.07) is 31.3. The second-order valence-electron chi connectivity index (χ2n) is 8.62. The van der Waals surface area contributed by atoms with Gasteiger partial charge in [-0.15, -0.1) is 0 Å². The number of amides is 1. The van der Waals surface area contributed by atoms with Crippen LogP contribution in [0.25, 0.3) is 11.0 Å². The number of carbonyl (C=O) groups is 1. The molecule has 0 fully saturated rings. The molecule has 5 nitrogen and oxygen atoms in total. The van der Waals surface area contributed by atoms with Gasteiger partial charge in [0.15, 0.2) is 5.43 Å². The zero-order valence-electron chi connectivity index (χ0n) is 19.1. The van der Waals surface area contributed by atoms with Crippen molar-refractivity contribution in [2.45, 2.75) is 12.6 Å². The molecule has 0 bridgehead atoms. The first-order chi connectivity index (χ1) is 17.6. The summed E-state index contributed by atoms with van der Waals surface area (Å²) < 4.78 is 12.9. The van der Waals surface area contributed by atoms with Crippen LogP contribution in [0, 0.1) is 0 Å². The SMILES string of the molecule is O=C1c2oc3ccc(Br)cc3c(=O)c2C(c2cccc(Oc3ccccc3)c2)N1Cc1ccccc1. The van der Waals surface area contributed by atoms with Gasteiger partial charge < -0.3 is 14.1 Å². The minimum Gasteiger partial charge on any atom is -0.457 e. The zero-order chi connectivity index (χ0) is 24.6. The molecular weight excluding hydrogens is 518 g/mol. The molecule has 6 heteroatoms. The van der Waals surface area contributed by atoms with Crippen molar-refractivity contribution in [1.29, 1.82) is 0 Å². The van der Waals surface area contributed by atoms with E-state index in [0.717, 1.165) is 15.6 Å². The second kappa shape index (κ2) is 9.13. The second-order valence-corrected chi connectivity index (χ2v) is 9.54. The summed E-state index contributed by atoms with van der Waals surface area (Å²) in [7, 11) is 0. The number of fused-ring (bicyclic) bond motifs is 2. The summed E-state index contributed by atoms with van der Waals surface area (Å²) in [4.78, 5) is 29.2. The van der Waals surface area contributed by atoms with Crippen molar-refractivity contribution in [3.8, 4) is 11.5 Å². The fraction of sp³-hybridized carbons (Fsp3) is 0.0667. The number of rotatable bonds is 5. The molecule has 1 aliphatic heterocycles. The maximum Gasteiger partial charge on any atom is 0.291 e. The minimum absolute atomic E-state index is 0.0881. The molecule has 6 rings (SSSR count). The third-order valence-corrected chi connectivity index (χ3v) is 6.77. The molecule has 0 saturated heterocycles. The van der Waals surface area contributed by atoms with Crippen LogP contribution in [0.3, 0.4) is 0 Å². The first-order valence-corrected chi connectivity index (χ1v) is 12.3. The van der Waals surface area contributed by atoms with Crippen LogP contribution >= 0.6 is 15.9 Å². The predicted molar refractivity (Wildman–Crippen MR) is 141 cm³/mol. The van der Waals surface area contributed by atoms with Gasteiger partial charge in [-0.1, -0.05) is 76.6 Å². The van der Waals surface area contributed by atoms with Crippen LogP contribution in [0.5, 0.6) is 11.5 Å². The van der Waals surface area contributed by atoms with Crippen LogP contribution < -0.4 is 10.2 Å². The quantitative estimate of drug-likeness (QED) is 0.240. The molecule has 0 N–H and O–H groups in total. The lowest BCUT2D eigenvalue weighted by Crippen LogP contribution is -2.29. The first kappa shape index (κ1) is 22.3.